The van der Waals surface area contributed by atoms with Crippen LogP contribution < -0.4 is 4.74 Å². The van der Waals surface area contributed by atoms with Crippen molar-refractivity contribution in [3.05, 3.63) is 36.7 Å². The molecule has 1 aromatic heterocycles. The Morgan fingerprint density at radius 2 is 2.10 bits per heavy atom. The number of unbranched alkanes of at least 4 members (excludes halogenated alkanes) is 1. The SMILES string of the molecule is CC(C)(C#N)CCCCOc1ccccc1-c1ncc[nH]1. The fourth-order valence-electron chi connectivity index (χ4n) is 2.11. The summed E-state index contributed by atoms with van der Waals surface area (Å²) in [6.07, 6.45) is 6.36. The summed E-state index contributed by atoms with van der Waals surface area (Å²) in [5, 5.41) is 8.98. The predicted octanol–water partition coefficient (Wildman–Crippen LogP) is 4.18. The number of nitrogens with zero attached hydrogens (tertiary/aromatic N) is 2. The molecule has 0 radical (unpaired) electrons. The molecule has 1 heterocycles. The number of nitriles is 1. The van der Waals surface area contributed by atoms with Gasteiger partial charge in [0, 0.05) is 12.4 Å². The van der Waals surface area contributed by atoms with Crippen LogP contribution >= 0.6 is 0 Å². The zero-order valence-corrected chi connectivity index (χ0v) is 12.6. The Labute approximate surface area is 125 Å². The summed E-state index contributed by atoms with van der Waals surface area (Å²) in [5.74, 6) is 1.66. The molecule has 0 aliphatic heterocycles. The van der Waals surface area contributed by atoms with E-state index in [0.717, 1.165) is 36.4 Å². The lowest BCUT2D eigenvalue weighted by Gasteiger charge is -2.15. The van der Waals surface area contributed by atoms with Crippen LogP contribution in [0.1, 0.15) is 33.1 Å². The highest BCUT2D eigenvalue weighted by atomic mass is 16.5. The summed E-state index contributed by atoms with van der Waals surface area (Å²) in [6, 6.07) is 10.2. The molecule has 2 rings (SSSR count). The minimum Gasteiger partial charge on any atom is -0.493 e. The lowest BCUT2D eigenvalue weighted by Crippen LogP contribution is -2.08. The highest BCUT2D eigenvalue weighted by Crippen LogP contribution is 2.27. The number of imidazole rings is 1. The molecule has 0 spiro atoms. The summed E-state index contributed by atoms with van der Waals surface area (Å²) in [4.78, 5) is 7.36. The van der Waals surface area contributed by atoms with Gasteiger partial charge in [0.15, 0.2) is 0 Å². The van der Waals surface area contributed by atoms with E-state index in [0.29, 0.717) is 6.61 Å². The first-order valence-electron chi connectivity index (χ1n) is 7.25. The van der Waals surface area contributed by atoms with Crippen molar-refractivity contribution in [2.45, 2.75) is 33.1 Å². The number of rotatable bonds is 7. The second-order valence-corrected chi connectivity index (χ2v) is 5.74. The number of aromatic amines is 1. The van der Waals surface area contributed by atoms with E-state index >= 15 is 0 Å². The van der Waals surface area contributed by atoms with E-state index < -0.39 is 0 Å². The second-order valence-electron chi connectivity index (χ2n) is 5.74. The Balaban J connectivity index is 1.86. The van der Waals surface area contributed by atoms with Gasteiger partial charge in [-0.1, -0.05) is 12.1 Å². The molecule has 0 unspecified atom stereocenters. The van der Waals surface area contributed by atoms with Gasteiger partial charge >= 0.3 is 0 Å². The van der Waals surface area contributed by atoms with Crippen molar-refractivity contribution in [1.29, 1.82) is 5.26 Å². The average Bonchev–Trinajstić information content (AvgIpc) is 3.01. The third-order valence-electron chi connectivity index (χ3n) is 3.40. The Kier molecular flexibility index (Phi) is 4.99. The molecule has 21 heavy (non-hydrogen) atoms. The highest BCUT2D eigenvalue weighted by Gasteiger charge is 2.15. The van der Waals surface area contributed by atoms with Crippen LogP contribution in [-0.4, -0.2) is 16.6 Å². The van der Waals surface area contributed by atoms with Crippen molar-refractivity contribution in [2.75, 3.05) is 6.61 Å². The Bertz CT molecular complexity index is 597. The molecule has 2 aromatic rings. The lowest BCUT2D eigenvalue weighted by atomic mass is 9.89. The number of para-hydroxylation sites is 1. The number of ether oxygens (including phenoxy) is 1. The molecule has 0 amide bonds. The summed E-state index contributed by atoms with van der Waals surface area (Å²) < 4.78 is 5.87. The standard InChI is InChI=1S/C17H21N3O/c1-17(2,13-18)9-5-6-12-21-15-8-4-3-7-14(15)16-19-10-11-20-16/h3-4,7-8,10-11H,5-6,9,12H2,1-2H3,(H,19,20). The maximum atomic E-state index is 8.98. The van der Waals surface area contributed by atoms with Crippen LogP contribution in [0.15, 0.2) is 36.7 Å². The number of nitrogens with one attached hydrogen (secondary N) is 1. The maximum absolute atomic E-state index is 8.98. The number of hydrogen-bond donors (Lipinski definition) is 1. The van der Waals surface area contributed by atoms with Gasteiger partial charge in [-0.05, 0) is 45.2 Å². The van der Waals surface area contributed by atoms with Crippen LogP contribution in [0, 0.1) is 16.7 Å². The van der Waals surface area contributed by atoms with E-state index in [1.54, 1.807) is 12.4 Å². The topological polar surface area (TPSA) is 61.7 Å². The van der Waals surface area contributed by atoms with E-state index in [1.807, 2.05) is 38.1 Å². The first-order valence-corrected chi connectivity index (χ1v) is 7.25. The minimum atomic E-state index is -0.244. The van der Waals surface area contributed by atoms with E-state index in [2.05, 4.69) is 16.0 Å². The maximum Gasteiger partial charge on any atom is 0.141 e. The van der Waals surface area contributed by atoms with Gasteiger partial charge in [0.05, 0.1) is 23.7 Å². The molecule has 0 fully saturated rings. The third-order valence-corrected chi connectivity index (χ3v) is 3.40. The molecule has 0 atom stereocenters. The molecule has 4 heteroatoms. The van der Waals surface area contributed by atoms with Crippen LogP contribution in [0.25, 0.3) is 11.4 Å². The number of hydrogen-bond acceptors (Lipinski definition) is 3. The van der Waals surface area contributed by atoms with Gasteiger partial charge in [0.1, 0.15) is 11.6 Å². The van der Waals surface area contributed by atoms with Crippen molar-refractivity contribution < 1.29 is 4.74 Å². The van der Waals surface area contributed by atoms with Gasteiger partial charge in [-0.2, -0.15) is 5.26 Å². The number of H-pyrrole nitrogens is 1. The Hall–Kier alpha value is -2.28. The molecule has 0 aliphatic rings. The van der Waals surface area contributed by atoms with Crippen LogP contribution in [0.3, 0.4) is 0 Å². The van der Waals surface area contributed by atoms with Crippen LogP contribution in [-0.2, 0) is 0 Å². The van der Waals surface area contributed by atoms with Gasteiger partial charge < -0.3 is 9.72 Å². The van der Waals surface area contributed by atoms with Gasteiger partial charge in [-0.3, -0.25) is 0 Å². The summed E-state index contributed by atoms with van der Waals surface area (Å²) in [5.41, 5.74) is 0.728. The third kappa shape index (κ3) is 4.35. The zero-order valence-electron chi connectivity index (χ0n) is 12.6. The number of aromatic nitrogens is 2. The second kappa shape index (κ2) is 6.94. The Morgan fingerprint density at radius 3 is 2.81 bits per heavy atom. The van der Waals surface area contributed by atoms with Crippen molar-refractivity contribution in [3.8, 4) is 23.2 Å². The lowest BCUT2D eigenvalue weighted by molar-refractivity contribution is 0.296. The fourth-order valence-corrected chi connectivity index (χ4v) is 2.11. The van der Waals surface area contributed by atoms with Crippen molar-refractivity contribution in [2.24, 2.45) is 5.41 Å². The monoisotopic (exact) mass is 283 g/mol. The molecule has 4 nitrogen and oxygen atoms in total. The van der Waals surface area contributed by atoms with Crippen LogP contribution in [0.4, 0.5) is 0 Å². The summed E-state index contributed by atoms with van der Waals surface area (Å²) >= 11 is 0. The van der Waals surface area contributed by atoms with E-state index in [1.165, 1.54) is 0 Å². The quantitative estimate of drug-likeness (QED) is 0.775. The summed E-state index contributed by atoms with van der Waals surface area (Å²) in [6.45, 7) is 4.60. The molecule has 0 bridgehead atoms. The van der Waals surface area contributed by atoms with E-state index in [9.17, 15) is 0 Å². The summed E-state index contributed by atoms with van der Waals surface area (Å²) in [7, 11) is 0. The smallest absolute Gasteiger partial charge is 0.141 e. The molecule has 0 saturated heterocycles. The molecular weight excluding hydrogens is 262 g/mol. The molecule has 110 valence electrons. The largest absolute Gasteiger partial charge is 0.493 e. The normalized spacial score (nSPS) is 11.1. The predicted molar refractivity (Wildman–Crippen MR) is 82.8 cm³/mol. The number of benzene rings is 1. The van der Waals surface area contributed by atoms with Gasteiger partial charge in [0.2, 0.25) is 0 Å². The van der Waals surface area contributed by atoms with Crippen molar-refractivity contribution in [1.82, 2.24) is 9.97 Å². The molecule has 1 aromatic carbocycles. The minimum absolute atomic E-state index is 0.244. The molecule has 0 aliphatic carbocycles. The average molecular weight is 283 g/mol. The van der Waals surface area contributed by atoms with E-state index in [4.69, 9.17) is 10.00 Å². The first kappa shape index (κ1) is 15.1. The van der Waals surface area contributed by atoms with Crippen LogP contribution in [0.5, 0.6) is 5.75 Å². The molecular formula is C17H21N3O. The van der Waals surface area contributed by atoms with Crippen molar-refractivity contribution >= 4 is 0 Å². The van der Waals surface area contributed by atoms with Crippen molar-refractivity contribution in [3.63, 3.8) is 0 Å². The molecule has 0 saturated carbocycles. The van der Waals surface area contributed by atoms with Gasteiger partial charge in [-0.15, -0.1) is 0 Å². The first-order chi connectivity index (χ1) is 10.1. The van der Waals surface area contributed by atoms with Gasteiger partial charge in [0.25, 0.3) is 0 Å². The van der Waals surface area contributed by atoms with E-state index in [-0.39, 0.29) is 5.41 Å². The zero-order chi connectivity index (χ0) is 15.1. The Morgan fingerprint density at radius 1 is 1.29 bits per heavy atom. The molecule has 1 N–H and O–H groups in total. The van der Waals surface area contributed by atoms with Crippen LogP contribution in [0.2, 0.25) is 0 Å². The highest BCUT2D eigenvalue weighted by molar-refractivity contribution is 5.63. The fraction of sp³-hybridized carbons (Fsp3) is 0.412. The van der Waals surface area contributed by atoms with Gasteiger partial charge in [-0.25, -0.2) is 4.98 Å².